The third-order valence-corrected chi connectivity index (χ3v) is 3.88. The average molecular weight is 268 g/mol. The summed E-state index contributed by atoms with van der Waals surface area (Å²) in [6.07, 6.45) is 5.83. The Labute approximate surface area is 117 Å². The van der Waals surface area contributed by atoms with Crippen molar-refractivity contribution in [2.75, 3.05) is 13.7 Å². The first-order valence-electron chi connectivity index (χ1n) is 7.36. The second-order valence-corrected chi connectivity index (χ2v) is 5.87. The number of hydrogen-bond donors (Lipinski definition) is 1. The molecule has 1 N–H and O–H groups in total. The van der Waals surface area contributed by atoms with Crippen molar-refractivity contribution >= 4 is 0 Å². The molecule has 1 saturated heterocycles. The van der Waals surface area contributed by atoms with Crippen LogP contribution in [0.5, 0.6) is 0 Å². The predicted molar refractivity (Wildman–Crippen MR) is 75.9 cm³/mol. The fraction of sp³-hybridized carbons (Fsp3) is 0.933. The Morgan fingerprint density at radius 1 is 1.32 bits per heavy atom. The zero-order valence-electron chi connectivity index (χ0n) is 12.7. The molecule has 1 aliphatic heterocycles. The van der Waals surface area contributed by atoms with E-state index in [1.54, 1.807) is 0 Å². The normalized spacial score (nSPS) is 30.6. The van der Waals surface area contributed by atoms with Gasteiger partial charge in [-0.3, -0.25) is 0 Å². The lowest BCUT2D eigenvalue weighted by atomic mass is 9.97. The summed E-state index contributed by atoms with van der Waals surface area (Å²) < 4.78 is 11.6. The fourth-order valence-electron chi connectivity index (χ4n) is 2.55. The zero-order chi connectivity index (χ0) is 14.3. The number of nitrogens with zero attached hydrogens (tertiary/aromatic N) is 1. The number of rotatable bonds is 7. The number of nitrogens with one attached hydrogen (secondary N) is 1. The van der Waals surface area contributed by atoms with Crippen LogP contribution in [-0.4, -0.2) is 37.5 Å². The van der Waals surface area contributed by atoms with Gasteiger partial charge in [0.15, 0.2) is 0 Å². The smallest absolute Gasteiger partial charge is 0.103 e. The molecule has 0 aromatic carbocycles. The van der Waals surface area contributed by atoms with Crippen LogP contribution < -0.4 is 5.32 Å². The van der Waals surface area contributed by atoms with E-state index < -0.39 is 5.54 Å². The first-order chi connectivity index (χ1) is 8.99. The van der Waals surface area contributed by atoms with Gasteiger partial charge < -0.3 is 14.8 Å². The van der Waals surface area contributed by atoms with Crippen LogP contribution in [0.4, 0.5) is 0 Å². The van der Waals surface area contributed by atoms with E-state index in [9.17, 15) is 0 Å². The number of unbranched alkanes of at least 4 members (excludes halogenated alkanes) is 1. The Balaban J connectivity index is 2.13. The topological polar surface area (TPSA) is 54.3 Å². The van der Waals surface area contributed by atoms with Gasteiger partial charge in [-0.15, -0.1) is 0 Å². The molecule has 0 aliphatic carbocycles. The monoisotopic (exact) mass is 268 g/mol. The molecule has 19 heavy (non-hydrogen) atoms. The van der Waals surface area contributed by atoms with E-state index in [2.05, 4.69) is 25.2 Å². The average Bonchev–Trinajstić information content (AvgIpc) is 2.37. The minimum absolute atomic E-state index is 0.305. The van der Waals surface area contributed by atoms with E-state index in [4.69, 9.17) is 14.7 Å². The maximum Gasteiger partial charge on any atom is 0.103 e. The molecule has 1 heterocycles. The van der Waals surface area contributed by atoms with E-state index in [1.807, 2.05) is 14.0 Å². The van der Waals surface area contributed by atoms with Gasteiger partial charge in [-0.2, -0.15) is 5.26 Å². The van der Waals surface area contributed by atoms with Crippen molar-refractivity contribution in [1.29, 1.82) is 5.26 Å². The highest BCUT2D eigenvalue weighted by Crippen LogP contribution is 2.22. The molecule has 110 valence electrons. The Bertz CT molecular complexity index is 293. The van der Waals surface area contributed by atoms with Gasteiger partial charge >= 0.3 is 0 Å². The van der Waals surface area contributed by atoms with Gasteiger partial charge in [0.25, 0.3) is 0 Å². The number of nitriles is 1. The largest absolute Gasteiger partial charge is 0.378 e. The molecule has 3 unspecified atom stereocenters. The lowest BCUT2D eigenvalue weighted by Gasteiger charge is -2.32. The van der Waals surface area contributed by atoms with E-state index in [1.165, 1.54) is 0 Å². The zero-order valence-corrected chi connectivity index (χ0v) is 12.7. The molecular formula is C15H28N2O2. The van der Waals surface area contributed by atoms with E-state index in [-0.39, 0.29) is 0 Å². The minimum atomic E-state index is -0.401. The second kappa shape index (κ2) is 7.84. The van der Waals surface area contributed by atoms with Crippen molar-refractivity contribution in [3.63, 3.8) is 0 Å². The van der Waals surface area contributed by atoms with E-state index in [0.29, 0.717) is 18.3 Å². The molecule has 4 nitrogen and oxygen atoms in total. The van der Waals surface area contributed by atoms with Crippen molar-refractivity contribution in [1.82, 2.24) is 5.32 Å². The van der Waals surface area contributed by atoms with Crippen molar-refractivity contribution in [3.05, 3.63) is 0 Å². The predicted octanol–water partition coefficient (Wildman–Crippen LogP) is 2.63. The Morgan fingerprint density at radius 3 is 2.47 bits per heavy atom. The summed E-state index contributed by atoms with van der Waals surface area (Å²) in [7, 11) is 1.84. The SMILES string of the molecule is CNC(C)(C#N)CCCCOC1CC(C)OC(C)C1. The molecular weight excluding hydrogens is 240 g/mol. The summed E-state index contributed by atoms with van der Waals surface area (Å²) in [4.78, 5) is 0. The molecule has 0 amide bonds. The van der Waals surface area contributed by atoms with Crippen LogP contribution in [-0.2, 0) is 9.47 Å². The highest BCUT2D eigenvalue weighted by molar-refractivity contribution is 5.02. The summed E-state index contributed by atoms with van der Waals surface area (Å²) >= 11 is 0. The summed E-state index contributed by atoms with van der Waals surface area (Å²) in [6, 6.07) is 2.31. The number of ether oxygens (including phenoxy) is 2. The third-order valence-electron chi connectivity index (χ3n) is 3.88. The van der Waals surface area contributed by atoms with Gasteiger partial charge in [-0.25, -0.2) is 0 Å². The maximum atomic E-state index is 9.05. The van der Waals surface area contributed by atoms with Crippen molar-refractivity contribution < 1.29 is 9.47 Å². The highest BCUT2D eigenvalue weighted by atomic mass is 16.5. The lowest BCUT2D eigenvalue weighted by molar-refractivity contribution is -0.102. The number of hydrogen-bond acceptors (Lipinski definition) is 4. The molecule has 0 aromatic heterocycles. The fourth-order valence-corrected chi connectivity index (χ4v) is 2.55. The van der Waals surface area contributed by atoms with Crippen LogP contribution in [0.25, 0.3) is 0 Å². The summed E-state index contributed by atoms with van der Waals surface area (Å²) in [6.45, 7) is 6.94. The van der Waals surface area contributed by atoms with Crippen molar-refractivity contribution in [3.8, 4) is 6.07 Å². The van der Waals surface area contributed by atoms with Crippen LogP contribution in [0.15, 0.2) is 0 Å². The molecule has 3 atom stereocenters. The maximum absolute atomic E-state index is 9.05. The van der Waals surface area contributed by atoms with Gasteiger partial charge in [0.05, 0.1) is 24.4 Å². The van der Waals surface area contributed by atoms with Gasteiger partial charge in [0.2, 0.25) is 0 Å². The molecule has 0 aromatic rings. The Hall–Kier alpha value is -0.630. The standard InChI is InChI=1S/C15H28N2O2/c1-12-9-14(10-13(2)19-12)18-8-6-5-7-15(3,11-16)17-4/h12-14,17H,5-10H2,1-4H3. The van der Waals surface area contributed by atoms with Crippen molar-refractivity contribution in [2.45, 2.75) is 76.7 Å². The molecule has 1 aliphatic rings. The van der Waals surface area contributed by atoms with Crippen LogP contribution in [0.3, 0.4) is 0 Å². The minimum Gasteiger partial charge on any atom is -0.378 e. The molecule has 0 radical (unpaired) electrons. The summed E-state index contributed by atoms with van der Waals surface area (Å²) in [5, 5.41) is 12.1. The molecule has 0 saturated carbocycles. The van der Waals surface area contributed by atoms with E-state index >= 15 is 0 Å². The lowest BCUT2D eigenvalue weighted by Crippen LogP contribution is -2.38. The quantitative estimate of drug-likeness (QED) is 0.721. The molecule has 0 spiro atoms. The first kappa shape index (κ1) is 16.4. The Morgan fingerprint density at radius 2 is 1.95 bits per heavy atom. The summed E-state index contributed by atoms with van der Waals surface area (Å²) in [5.74, 6) is 0. The van der Waals surface area contributed by atoms with Crippen LogP contribution >= 0.6 is 0 Å². The summed E-state index contributed by atoms with van der Waals surface area (Å²) in [5.41, 5.74) is -0.401. The highest BCUT2D eigenvalue weighted by Gasteiger charge is 2.25. The second-order valence-electron chi connectivity index (χ2n) is 5.87. The Kier molecular flexibility index (Phi) is 6.78. The van der Waals surface area contributed by atoms with Crippen LogP contribution in [0.1, 0.15) is 52.9 Å². The molecule has 1 rings (SSSR count). The third kappa shape index (κ3) is 5.90. The van der Waals surface area contributed by atoms with Gasteiger partial charge in [0.1, 0.15) is 5.54 Å². The molecule has 1 fully saturated rings. The van der Waals surface area contributed by atoms with Crippen molar-refractivity contribution in [2.24, 2.45) is 0 Å². The van der Waals surface area contributed by atoms with Crippen LogP contribution in [0, 0.1) is 11.3 Å². The van der Waals surface area contributed by atoms with E-state index in [0.717, 1.165) is 38.7 Å². The van der Waals surface area contributed by atoms with Gasteiger partial charge in [-0.1, -0.05) is 0 Å². The molecule has 0 bridgehead atoms. The van der Waals surface area contributed by atoms with Crippen LogP contribution in [0.2, 0.25) is 0 Å². The first-order valence-corrected chi connectivity index (χ1v) is 7.36. The molecule has 4 heteroatoms. The van der Waals surface area contributed by atoms with Gasteiger partial charge in [-0.05, 0) is 59.9 Å². The van der Waals surface area contributed by atoms with Gasteiger partial charge in [0, 0.05) is 6.61 Å².